The van der Waals surface area contributed by atoms with Gasteiger partial charge in [0.2, 0.25) is 5.91 Å². The van der Waals surface area contributed by atoms with Crippen molar-refractivity contribution in [3.05, 3.63) is 23.8 Å². The van der Waals surface area contributed by atoms with Gasteiger partial charge < -0.3 is 26.0 Å². The predicted molar refractivity (Wildman–Crippen MR) is 79.2 cm³/mol. The minimum absolute atomic E-state index is 0. The smallest absolute Gasteiger partial charge is 0.250 e. The molecule has 0 aliphatic carbocycles. The second-order valence-electron chi connectivity index (χ2n) is 4.56. The highest BCUT2D eigenvalue weighted by atomic mass is 35.5. The third kappa shape index (κ3) is 5.75. The number of aliphatic hydroxyl groups is 2. The molecular formula is C13H21ClN2O4. The number of hydrogen-bond donors (Lipinski definition) is 5. The summed E-state index contributed by atoms with van der Waals surface area (Å²) in [6.07, 6.45) is -0.743. The van der Waals surface area contributed by atoms with Crippen LogP contribution in [0.25, 0.3) is 0 Å². The number of carbonyl (C=O) groups is 1. The van der Waals surface area contributed by atoms with Gasteiger partial charge in [0.1, 0.15) is 12.4 Å². The Bertz CT molecular complexity index is 440. The molecule has 1 unspecified atom stereocenters. The molecule has 7 heteroatoms. The summed E-state index contributed by atoms with van der Waals surface area (Å²) in [5, 5.41) is 33.7. The van der Waals surface area contributed by atoms with E-state index in [-0.39, 0.29) is 29.9 Å². The van der Waals surface area contributed by atoms with Crippen LogP contribution in [0.4, 0.5) is 5.69 Å². The predicted octanol–water partition coefficient (Wildman–Crippen LogP) is 0.776. The van der Waals surface area contributed by atoms with E-state index in [0.717, 1.165) is 0 Å². The molecule has 0 aromatic heterocycles. The Balaban J connectivity index is 0.00000361. The molecule has 6 nitrogen and oxygen atoms in total. The number of aromatic hydroxyl groups is 1. The molecule has 0 radical (unpaired) electrons. The molecule has 0 fully saturated rings. The number of hydrogen-bond acceptors (Lipinski definition) is 5. The van der Waals surface area contributed by atoms with E-state index in [1.54, 1.807) is 6.07 Å². The quantitative estimate of drug-likeness (QED) is 0.500. The zero-order valence-electron chi connectivity index (χ0n) is 11.5. The third-order valence-electron chi connectivity index (χ3n) is 2.54. The van der Waals surface area contributed by atoms with Gasteiger partial charge in [-0.3, -0.25) is 4.79 Å². The average molecular weight is 305 g/mol. The summed E-state index contributed by atoms with van der Waals surface area (Å²) < 4.78 is 0. The van der Waals surface area contributed by atoms with E-state index >= 15 is 0 Å². The van der Waals surface area contributed by atoms with Crippen LogP contribution >= 0.6 is 12.4 Å². The number of phenolic OH excluding ortho intramolecular Hbond substituents is 1. The zero-order chi connectivity index (χ0) is 14.4. The highest BCUT2D eigenvalue weighted by Crippen LogP contribution is 2.26. The largest absolute Gasteiger partial charge is 0.506 e. The molecule has 1 rings (SSSR count). The van der Waals surface area contributed by atoms with Gasteiger partial charge in [-0.15, -0.1) is 12.4 Å². The van der Waals surface area contributed by atoms with E-state index in [1.165, 1.54) is 12.1 Å². The van der Waals surface area contributed by atoms with Gasteiger partial charge in [-0.05, 0) is 17.7 Å². The number of aliphatic hydroxyl groups excluding tert-OH is 2. The summed E-state index contributed by atoms with van der Waals surface area (Å²) in [5.74, 6) is -0.739. The molecule has 1 amide bonds. The summed E-state index contributed by atoms with van der Waals surface area (Å²) in [7, 11) is 0. The fourth-order valence-electron chi connectivity index (χ4n) is 1.52. The summed E-state index contributed by atoms with van der Waals surface area (Å²) >= 11 is 0. The van der Waals surface area contributed by atoms with Crippen molar-refractivity contribution in [3.63, 3.8) is 0 Å². The van der Waals surface area contributed by atoms with Crippen molar-refractivity contribution in [2.45, 2.75) is 26.0 Å². The second kappa shape index (κ2) is 8.76. The molecule has 0 heterocycles. The maximum Gasteiger partial charge on any atom is 0.250 e. The average Bonchev–Trinajstić information content (AvgIpc) is 2.38. The Morgan fingerprint density at radius 1 is 1.35 bits per heavy atom. The zero-order valence-corrected chi connectivity index (χ0v) is 12.3. The summed E-state index contributed by atoms with van der Waals surface area (Å²) in [6.45, 7) is 3.64. The van der Waals surface area contributed by atoms with Crippen LogP contribution in [0.2, 0.25) is 0 Å². The van der Waals surface area contributed by atoms with Crippen LogP contribution in [-0.2, 0) is 4.79 Å². The number of rotatable bonds is 6. The summed E-state index contributed by atoms with van der Waals surface area (Å²) in [5.41, 5.74) is 0.735. The van der Waals surface area contributed by atoms with Gasteiger partial charge in [-0.2, -0.15) is 0 Å². The lowest BCUT2D eigenvalue weighted by Crippen LogP contribution is -2.28. The first-order valence-electron chi connectivity index (χ1n) is 6.09. The lowest BCUT2D eigenvalue weighted by Gasteiger charge is -2.16. The molecule has 0 saturated heterocycles. The fraction of sp³-hybridized carbons (Fsp3) is 0.462. The van der Waals surface area contributed by atoms with Crippen LogP contribution in [0.5, 0.6) is 5.75 Å². The van der Waals surface area contributed by atoms with Gasteiger partial charge in [0.15, 0.2) is 0 Å². The number of phenols is 1. The first-order valence-corrected chi connectivity index (χ1v) is 6.09. The number of anilines is 1. The monoisotopic (exact) mass is 304 g/mol. The molecule has 20 heavy (non-hydrogen) atoms. The van der Waals surface area contributed by atoms with E-state index in [1.807, 2.05) is 13.8 Å². The van der Waals surface area contributed by atoms with Crippen molar-refractivity contribution < 1.29 is 20.1 Å². The van der Waals surface area contributed by atoms with Crippen LogP contribution in [0.15, 0.2) is 18.2 Å². The van der Waals surface area contributed by atoms with Crippen LogP contribution in [0, 0.1) is 0 Å². The molecular weight excluding hydrogens is 284 g/mol. The van der Waals surface area contributed by atoms with Crippen molar-refractivity contribution in [2.75, 3.05) is 18.5 Å². The van der Waals surface area contributed by atoms with Gasteiger partial charge in [0, 0.05) is 12.6 Å². The van der Waals surface area contributed by atoms with E-state index in [0.29, 0.717) is 12.1 Å². The van der Waals surface area contributed by atoms with Gasteiger partial charge in [0.25, 0.3) is 0 Å². The molecule has 0 saturated carbocycles. The molecule has 1 aromatic rings. The Morgan fingerprint density at radius 2 is 2.00 bits per heavy atom. The summed E-state index contributed by atoms with van der Waals surface area (Å²) in [4.78, 5) is 11.1. The standard InChI is InChI=1S/C13H20N2O4.ClH/c1-8(2)14-6-12(18)9-3-4-11(17)10(5-9)15-13(19)7-16;/h3-5,8,12,14,16-18H,6-7H2,1-2H3,(H,15,19);1H. The highest BCUT2D eigenvalue weighted by Gasteiger charge is 2.12. The maximum atomic E-state index is 11.1. The van der Waals surface area contributed by atoms with E-state index < -0.39 is 18.6 Å². The molecule has 114 valence electrons. The Morgan fingerprint density at radius 3 is 2.55 bits per heavy atom. The minimum atomic E-state index is -0.743. The molecule has 1 aromatic carbocycles. The van der Waals surface area contributed by atoms with Crippen molar-refractivity contribution in [3.8, 4) is 5.75 Å². The van der Waals surface area contributed by atoms with E-state index in [9.17, 15) is 15.0 Å². The SMILES string of the molecule is CC(C)NCC(O)c1ccc(O)c(NC(=O)CO)c1.Cl. The van der Waals surface area contributed by atoms with Gasteiger partial charge in [0.05, 0.1) is 11.8 Å². The summed E-state index contributed by atoms with van der Waals surface area (Å²) in [6, 6.07) is 4.70. The lowest BCUT2D eigenvalue weighted by molar-refractivity contribution is -0.118. The number of amides is 1. The van der Waals surface area contributed by atoms with Crippen LogP contribution in [0.3, 0.4) is 0 Å². The van der Waals surface area contributed by atoms with Gasteiger partial charge >= 0.3 is 0 Å². The van der Waals surface area contributed by atoms with Crippen LogP contribution in [-0.4, -0.2) is 40.4 Å². The highest BCUT2D eigenvalue weighted by molar-refractivity contribution is 5.93. The maximum absolute atomic E-state index is 11.1. The van der Waals surface area contributed by atoms with Crippen LogP contribution in [0.1, 0.15) is 25.5 Å². The minimum Gasteiger partial charge on any atom is -0.506 e. The first-order chi connectivity index (χ1) is 8.93. The van der Waals surface area contributed by atoms with Crippen molar-refractivity contribution in [1.29, 1.82) is 0 Å². The normalized spacial score (nSPS) is 11.8. The van der Waals surface area contributed by atoms with Crippen molar-refractivity contribution >= 4 is 24.0 Å². The second-order valence-corrected chi connectivity index (χ2v) is 4.56. The fourth-order valence-corrected chi connectivity index (χ4v) is 1.52. The molecule has 0 aliphatic rings. The molecule has 0 aliphatic heterocycles. The molecule has 1 atom stereocenters. The number of halogens is 1. The number of benzene rings is 1. The van der Waals surface area contributed by atoms with Crippen molar-refractivity contribution in [2.24, 2.45) is 0 Å². The topological polar surface area (TPSA) is 102 Å². The number of nitrogens with one attached hydrogen (secondary N) is 2. The van der Waals surface area contributed by atoms with E-state index in [2.05, 4.69) is 10.6 Å². The third-order valence-corrected chi connectivity index (χ3v) is 2.54. The lowest BCUT2D eigenvalue weighted by atomic mass is 10.1. The molecule has 0 bridgehead atoms. The van der Waals surface area contributed by atoms with E-state index in [4.69, 9.17) is 5.11 Å². The number of carbonyl (C=O) groups excluding carboxylic acids is 1. The van der Waals surface area contributed by atoms with Crippen molar-refractivity contribution in [1.82, 2.24) is 5.32 Å². The Kier molecular flexibility index (Phi) is 8.17. The molecule has 5 N–H and O–H groups in total. The Labute approximate surface area is 124 Å². The Hall–Kier alpha value is -1.34. The first kappa shape index (κ1) is 18.7. The van der Waals surface area contributed by atoms with Gasteiger partial charge in [-0.25, -0.2) is 0 Å². The van der Waals surface area contributed by atoms with Crippen LogP contribution < -0.4 is 10.6 Å². The molecule has 0 spiro atoms. The van der Waals surface area contributed by atoms with Gasteiger partial charge in [-0.1, -0.05) is 19.9 Å².